The first-order chi connectivity index (χ1) is 18.0. The number of fused-ring (bicyclic) bond motifs is 1. The lowest BCUT2D eigenvalue weighted by Crippen LogP contribution is -2.61. The molecule has 1 aliphatic carbocycles. The number of nitrogens with one attached hydrogen (secondary N) is 1. The van der Waals surface area contributed by atoms with E-state index in [0.717, 1.165) is 61.2 Å². The van der Waals surface area contributed by atoms with E-state index in [1.54, 1.807) is 35.5 Å². The smallest absolute Gasteiger partial charge is 0.342 e. The van der Waals surface area contributed by atoms with Gasteiger partial charge in [0, 0.05) is 18.7 Å². The van der Waals surface area contributed by atoms with Gasteiger partial charge in [-0.15, -0.1) is 0 Å². The molecule has 1 saturated heterocycles. The van der Waals surface area contributed by atoms with Crippen LogP contribution in [0.3, 0.4) is 0 Å². The number of carbonyl (C=O) groups is 1. The summed E-state index contributed by atoms with van der Waals surface area (Å²) >= 11 is 0. The monoisotopic (exact) mass is 511 g/mol. The Morgan fingerprint density at radius 1 is 0.784 bits per heavy atom. The molecule has 8 heteroatoms. The number of methoxy groups -OCH3 is 5. The minimum Gasteiger partial charge on any atom is -0.493 e. The van der Waals surface area contributed by atoms with Gasteiger partial charge in [0.1, 0.15) is 6.54 Å². The van der Waals surface area contributed by atoms with Gasteiger partial charge in [0.15, 0.2) is 23.0 Å². The van der Waals surface area contributed by atoms with E-state index in [9.17, 15) is 4.79 Å². The fourth-order valence-corrected chi connectivity index (χ4v) is 5.48. The molecule has 200 valence electrons. The lowest BCUT2D eigenvalue weighted by Gasteiger charge is -2.40. The molecular formula is C29H39N2O6+. The summed E-state index contributed by atoms with van der Waals surface area (Å²) in [6.45, 7) is 3.54. The molecule has 4 rings (SSSR count). The summed E-state index contributed by atoms with van der Waals surface area (Å²) in [5.41, 5.74) is 4.05. The number of benzene rings is 2. The molecule has 2 aromatic rings. The Balaban J connectivity index is 1.75. The van der Waals surface area contributed by atoms with Gasteiger partial charge < -0.3 is 29.0 Å². The zero-order valence-corrected chi connectivity index (χ0v) is 22.6. The van der Waals surface area contributed by atoms with E-state index in [-0.39, 0.29) is 5.91 Å². The third-order valence-electron chi connectivity index (χ3n) is 7.47. The molecule has 0 atom stereocenters. The van der Waals surface area contributed by atoms with E-state index in [0.29, 0.717) is 47.1 Å². The first kappa shape index (κ1) is 26.8. The Morgan fingerprint density at radius 3 is 1.97 bits per heavy atom. The summed E-state index contributed by atoms with van der Waals surface area (Å²) < 4.78 is 28.1. The fraction of sp³-hybridized carbons (Fsp3) is 0.483. The second kappa shape index (κ2) is 11.9. The number of hydrogen-bond acceptors (Lipinski definition) is 7. The Bertz CT molecular complexity index is 1130. The van der Waals surface area contributed by atoms with Gasteiger partial charge in [0.2, 0.25) is 5.75 Å². The van der Waals surface area contributed by atoms with Crippen molar-refractivity contribution in [2.75, 3.05) is 61.7 Å². The summed E-state index contributed by atoms with van der Waals surface area (Å²) in [5.74, 6) is 3.31. The van der Waals surface area contributed by atoms with Gasteiger partial charge in [-0.05, 0) is 67.2 Å². The van der Waals surface area contributed by atoms with Gasteiger partial charge in [-0.2, -0.15) is 0 Å². The Labute approximate surface area is 219 Å². The third kappa shape index (κ3) is 5.55. The molecule has 0 radical (unpaired) electrons. The zero-order chi connectivity index (χ0) is 26.4. The number of aryl methyl sites for hydroxylation is 1. The van der Waals surface area contributed by atoms with Crippen molar-refractivity contribution in [3.05, 3.63) is 46.5 Å². The van der Waals surface area contributed by atoms with Crippen LogP contribution in [0.25, 0.3) is 6.08 Å². The van der Waals surface area contributed by atoms with Crippen LogP contribution >= 0.6 is 0 Å². The van der Waals surface area contributed by atoms with Crippen molar-refractivity contribution in [1.82, 2.24) is 5.32 Å². The number of nitrogens with zero attached hydrogens (tertiary/aromatic N) is 1. The highest BCUT2D eigenvalue weighted by Crippen LogP contribution is 2.40. The molecule has 0 saturated carbocycles. The number of hydrogen-bond donors (Lipinski definition) is 1. The van der Waals surface area contributed by atoms with Crippen LogP contribution in [0.1, 0.15) is 36.0 Å². The number of rotatable bonds is 8. The van der Waals surface area contributed by atoms with Crippen molar-refractivity contribution in [1.29, 1.82) is 0 Å². The van der Waals surface area contributed by atoms with Crippen LogP contribution in [0.4, 0.5) is 0 Å². The van der Waals surface area contributed by atoms with Crippen LogP contribution in [-0.2, 0) is 17.8 Å². The third-order valence-corrected chi connectivity index (χ3v) is 7.47. The SMILES string of the molecule is COc1cc2c(cc1OC)CCCCC(C(=O)[N+]1(Cc3cc(OC)c(OC)c(OC)c3)CCNCC1)=C2. The number of amides is 1. The average Bonchev–Trinajstić information content (AvgIpc) is 2.92. The first-order valence-corrected chi connectivity index (χ1v) is 12.8. The highest BCUT2D eigenvalue weighted by atomic mass is 16.5. The molecule has 1 fully saturated rings. The molecule has 1 aliphatic heterocycles. The maximum Gasteiger partial charge on any atom is 0.342 e. The van der Waals surface area contributed by atoms with Crippen molar-refractivity contribution in [3.8, 4) is 28.7 Å². The molecule has 1 amide bonds. The molecule has 0 unspecified atom stereocenters. The minimum absolute atomic E-state index is 0.179. The Morgan fingerprint density at radius 2 is 1.38 bits per heavy atom. The maximum atomic E-state index is 14.4. The molecule has 2 aromatic carbocycles. The van der Waals surface area contributed by atoms with Crippen LogP contribution in [0.15, 0.2) is 29.8 Å². The summed E-state index contributed by atoms with van der Waals surface area (Å²) in [6, 6.07) is 7.95. The summed E-state index contributed by atoms with van der Waals surface area (Å²) in [7, 11) is 8.11. The lowest BCUT2D eigenvalue weighted by molar-refractivity contribution is -0.868. The van der Waals surface area contributed by atoms with Gasteiger partial charge in [0.25, 0.3) is 0 Å². The minimum atomic E-state index is 0.179. The van der Waals surface area contributed by atoms with Crippen LogP contribution in [-0.4, -0.2) is 72.1 Å². The van der Waals surface area contributed by atoms with Gasteiger partial charge >= 0.3 is 5.91 Å². The van der Waals surface area contributed by atoms with Crippen molar-refractivity contribution in [2.24, 2.45) is 0 Å². The number of quaternary nitrogens is 1. The van der Waals surface area contributed by atoms with Crippen LogP contribution < -0.4 is 29.0 Å². The van der Waals surface area contributed by atoms with Crippen LogP contribution in [0, 0.1) is 0 Å². The predicted molar refractivity (Wildman–Crippen MR) is 143 cm³/mol. The maximum absolute atomic E-state index is 14.4. The van der Waals surface area contributed by atoms with E-state index in [2.05, 4.69) is 11.4 Å². The molecule has 0 bridgehead atoms. The van der Waals surface area contributed by atoms with Gasteiger partial charge in [0.05, 0.1) is 54.2 Å². The van der Waals surface area contributed by atoms with Gasteiger partial charge in [-0.1, -0.05) is 0 Å². The standard InChI is InChI=1S/C29H39N2O6/c1-33-24-17-21-8-6-7-9-22(16-23(21)18-25(24)34-2)29(32)31(12-10-30-11-13-31)19-20-14-26(35-3)28(37-5)27(15-20)36-4/h14-18,30H,6-13,19H2,1-5H3/q+1. The average molecular weight is 512 g/mol. The largest absolute Gasteiger partial charge is 0.493 e. The summed E-state index contributed by atoms with van der Waals surface area (Å²) in [5, 5.41) is 3.43. The number of carbonyl (C=O) groups excluding carboxylic acids is 1. The summed E-state index contributed by atoms with van der Waals surface area (Å²) in [4.78, 5) is 14.4. The first-order valence-electron chi connectivity index (χ1n) is 12.8. The Hall–Kier alpha value is -3.23. The molecule has 0 aromatic heterocycles. The Kier molecular flexibility index (Phi) is 8.61. The molecule has 8 nitrogen and oxygen atoms in total. The zero-order valence-electron chi connectivity index (χ0n) is 22.6. The van der Waals surface area contributed by atoms with Crippen LogP contribution in [0.5, 0.6) is 28.7 Å². The van der Waals surface area contributed by atoms with E-state index in [1.165, 1.54) is 5.56 Å². The molecule has 1 N–H and O–H groups in total. The van der Waals surface area contributed by atoms with Crippen molar-refractivity contribution < 1.29 is 33.0 Å². The van der Waals surface area contributed by atoms with E-state index < -0.39 is 0 Å². The predicted octanol–water partition coefficient (Wildman–Crippen LogP) is 3.99. The topological polar surface area (TPSA) is 75.3 Å². The second-order valence-electron chi connectivity index (χ2n) is 9.62. The molecular weight excluding hydrogens is 472 g/mol. The number of ether oxygens (including phenoxy) is 5. The lowest BCUT2D eigenvalue weighted by atomic mass is 9.92. The number of piperazine rings is 1. The van der Waals surface area contributed by atoms with E-state index in [1.807, 2.05) is 24.3 Å². The fourth-order valence-electron chi connectivity index (χ4n) is 5.48. The van der Waals surface area contributed by atoms with Gasteiger partial charge in [-0.25, -0.2) is 4.79 Å². The summed E-state index contributed by atoms with van der Waals surface area (Å²) in [6.07, 6.45) is 5.77. The molecule has 2 aliphatic rings. The van der Waals surface area contributed by atoms with Gasteiger partial charge in [-0.3, -0.25) is 4.48 Å². The highest BCUT2D eigenvalue weighted by molar-refractivity contribution is 5.94. The second-order valence-corrected chi connectivity index (χ2v) is 9.62. The normalized spacial score (nSPS) is 16.9. The van der Waals surface area contributed by atoms with E-state index in [4.69, 9.17) is 23.7 Å². The molecule has 0 spiro atoms. The van der Waals surface area contributed by atoms with E-state index >= 15 is 0 Å². The van der Waals surface area contributed by atoms with Crippen molar-refractivity contribution in [3.63, 3.8) is 0 Å². The van der Waals surface area contributed by atoms with Crippen molar-refractivity contribution in [2.45, 2.75) is 32.2 Å². The van der Waals surface area contributed by atoms with Crippen molar-refractivity contribution >= 4 is 12.0 Å². The highest BCUT2D eigenvalue weighted by Gasteiger charge is 2.40. The molecule has 37 heavy (non-hydrogen) atoms. The van der Waals surface area contributed by atoms with Crippen LogP contribution in [0.2, 0.25) is 0 Å². The quantitative estimate of drug-likeness (QED) is 0.537. The molecule has 1 heterocycles.